The summed E-state index contributed by atoms with van der Waals surface area (Å²) in [5.74, 6) is 0. The van der Waals surface area contributed by atoms with E-state index in [1.54, 1.807) is 18.2 Å². The first-order valence-electron chi connectivity index (χ1n) is 5.24. The molecule has 18 heavy (non-hydrogen) atoms. The maximum absolute atomic E-state index is 10.2. The van der Waals surface area contributed by atoms with Crippen molar-refractivity contribution in [3.63, 3.8) is 0 Å². The third-order valence-corrected chi connectivity index (χ3v) is 3.52. The fourth-order valence-electron chi connectivity index (χ4n) is 1.56. The normalized spacial score (nSPS) is 12.5. The molecule has 1 aromatic carbocycles. The van der Waals surface area contributed by atoms with E-state index in [2.05, 4.69) is 4.98 Å². The zero-order valence-corrected chi connectivity index (χ0v) is 11.8. The molecule has 0 saturated carbocycles. The number of rotatable bonds is 2. The standard InChI is InChI=1S/C13H10Cl3NO/c1-7-2-3-8(4-10(7)15)13(18)12-11(16)5-9(14)6-17-12/h2-6,13,18H,1H3. The number of aromatic nitrogens is 1. The first-order chi connectivity index (χ1) is 8.49. The van der Waals surface area contributed by atoms with Crippen LogP contribution in [-0.2, 0) is 0 Å². The average molecular weight is 303 g/mol. The van der Waals surface area contributed by atoms with Gasteiger partial charge in [0.15, 0.2) is 0 Å². The number of aliphatic hydroxyl groups is 1. The Bertz CT molecular complexity index is 586. The maximum atomic E-state index is 10.2. The molecule has 2 nitrogen and oxygen atoms in total. The quantitative estimate of drug-likeness (QED) is 0.890. The van der Waals surface area contributed by atoms with Crippen LogP contribution in [0.25, 0.3) is 0 Å². The highest BCUT2D eigenvalue weighted by molar-refractivity contribution is 6.34. The van der Waals surface area contributed by atoms with Crippen LogP contribution in [0.3, 0.4) is 0 Å². The first kappa shape index (κ1) is 13.6. The Hall–Kier alpha value is -0.800. The van der Waals surface area contributed by atoms with Crippen LogP contribution in [0.4, 0.5) is 0 Å². The molecular formula is C13H10Cl3NO. The van der Waals surface area contributed by atoms with Crippen molar-refractivity contribution in [2.24, 2.45) is 0 Å². The number of halogens is 3. The van der Waals surface area contributed by atoms with E-state index >= 15 is 0 Å². The van der Waals surface area contributed by atoms with Gasteiger partial charge in [-0.1, -0.05) is 46.9 Å². The highest BCUT2D eigenvalue weighted by Crippen LogP contribution is 2.30. The van der Waals surface area contributed by atoms with Gasteiger partial charge in [0.2, 0.25) is 0 Å². The van der Waals surface area contributed by atoms with E-state index in [0.29, 0.717) is 26.3 Å². The lowest BCUT2D eigenvalue weighted by Crippen LogP contribution is -2.03. The number of aliphatic hydroxyl groups excluding tert-OH is 1. The van der Waals surface area contributed by atoms with E-state index < -0.39 is 6.10 Å². The molecule has 0 fully saturated rings. The second kappa shape index (κ2) is 5.45. The summed E-state index contributed by atoms with van der Waals surface area (Å²) in [5, 5.41) is 11.6. The first-order valence-corrected chi connectivity index (χ1v) is 6.37. The smallest absolute Gasteiger partial charge is 0.123 e. The molecule has 0 saturated heterocycles. The molecule has 0 aliphatic carbocycles. The van der Waals surface area contributed by atoms with Crippen LogP contribution in [0.5, 0.6) is 0 Å². The molecule has 0 amide bonds. The average Bonchev–Trinajstić information content (AvgIpc) is 2.32. The van der Waals surface area contributed by atoms with Gasteiger partial charge in [-0.2, -0.15) is 0 Å². The van der Waals surface area contributed by atoms with Crippen LogP contribution in [0, 0.1) is 6.92 Å². The molecule has 1 N–H and O–H groups in total. The Balaban J connectivity index is 2.41. The Kier molecular flexibility index (Phi) is 4.13. The molecule has 0 aliphatic rings. The molecule has 1 atom stereocenters. The number of hydrogen-bond acceptors (Lipinski definition) is 2. The number of benzene rings is 1. The Labute approximate surface area is 120 Å². The van der Waals surface area contributed by atoms with Crippen molar-refractivity contribution in [1.82, 2.24) is 4.98 Å². The van der Waals surface area contributed by atoms with Crippen molar-refractivity contribution in [2.75, 3.05) is 0 Å². The van der Waals surface area contributed by atoms with Gasteiger partial charge in [-0.3, -0.25) is 4.98 Å². The van der Waals surface area contributed by atoms with Gasteiger partial charge in [-0.05, 0) is 30.2 Å². The lowest BCUT2D eigenvalue weighted by atomic mass is 10.0. The number of aryl methyl sites for hydroxylation is 1. The van der Waals surface area contributed by atoms with Crippen LogP contribution in [0.1, 0.15) is 22.9 Å². The van der Waals surface area contributed by atoms with E-state index in [1.807, 2.05) is 13.0 Å². The number of pyridine rings is 1. The summed E-state index contributed by atoms with van der Waals surface area (Å²) in [6, 6.07) is 6.88. The predicted octanol–water partition coefficient (Wildman–Crippen LogP) is 4.43. The maximum Gasteiger partial charge on any atom is 0.123 e. The summed E-state index contributed by atoms with van der Waals surface area (Å²) >= 11 is 17.8. The van der Waals surface area contributed by atoms with E-state index in [9.17, 15) is 5.11 Å². The molecular weight excluding hydrogens is 293 g/mol. The number of hydrogen-bond donors (Lipinski definition) is 1. The Morgan fingerprint density at radius 1 is 1.11 bits per heavy atom. The van der Waals surface area contributed by atoms with Gasteiger partial charge >= 0.3 is 0 Å². The van der Waals surface area contributed by atoms with Crippen LogP contribution >= 0.6 is 34.8 Å². The third kappa shape index (κ3) is 2.78. The molecule has 0 bridgehead atoms. The second-order valence-corrected chi connectivity index (χ2v) is 5.18. The number of nitrogens with zero attached hydrogens (tertiary/aromatic N) is 1. The fraction of sp³-hybridized carbons (Fsp3) is 0.154. The van der Waals surface area contributed by atoms with Crippen LogP contribution in [-0.4, -0.2) is 10.1 Å². The molecule has 1 heterocycles. The van der Waals surface area contributed by atoms with Gasteiger partial charge in [0.1, 0.15) is 6.10 Å². The van der Waals surface area contributed by atoms with E-state index in [0.717, 1.165) is 5.56 Å². The summed E-state index contributed by atoms with van der Waals surface area (Å²) in [4.78, 5) is 4.05. The SMILES string of the molecule is Cc1ccc(C(O)c2ncc(Cl)cc2Cl)cc1Cl. The van der Waals surface area contributed by atoms with Gasteiger partial charge in [0, 0.05) is 11.2 Å². The summed E-state index contributed by atoms with van der Waals surface area (Å²) in [5.41, 5.74) is 1.95. The zero-order valence-electron chi connectivity index (χ0n) is 9.49. The van der Waals surface area contributed by atoms with Crippen LogP contribution in [0.2, 0.25) is 15.1 Å². The predicted molar refractivity (Wildman–Crippen MR) is 74.5 cm³/mol. The molecule has 0 aliphatic heterocycles. The Morgan fingerprint density at radius 2 is 1.83 bits per heavy atom. The summed E-state index contributed by atoms with van der Waals surface area (Å²) in [6.45, 7) is 1.89. The van der Waals surface area contributed by atoms with E-state index in [-0.39, 0.29) is 0 Å². The van der Waals surface area contributed by atoms with Gasteiger partial charge in [0.05, 0.1) is 15.7 Å². The minimum atomic E-state index is -0.923. The minimum absolute atomic E-state index is 0.326. The Morgan fingerprint density at radius 3 is 2.44 bits per heavy atom. The van der Waals surface area contributed by atoms with Gasteiger partial charge in [-0.25, -0.2) is 0 Å². The van der Waals surface area contributed by atoms with Crippen molar-refractivity contribution in [3.05, 3.63) is 62.4 Å². The fourth-order valence-corrected chi connectivity index (χ4v) is 2.24. The molecule has 0 radical (unpaired) electrons. The zero-order chi connectivity index (χ0) is 13.3. The minimum Gasteiger partial charge on any atom is -0.382 e. The van der Waals surface area contributed by atoms with E-state index in [4.69, 9.17) is 34.8 Å². The monoisotopic (exact) mass is 301 g/mol. The molecule has 5 heteroatoms. The molecule has 1 unspecified atom stereocenters. The highest BCUT2D eigenvalue weighted by atomic mass is 35.5. The molecule has 0 spiro atoms. The van der Waals surface area contributed by atoms with Crippen molar-refractivity contribution < 1.29 is 5.11 Å². The third-order valence-electron chi connectivity index (χ3n) is 2.61. The molecule has 2 rings (SSSR count). The van der Waals surface area contributed by atoms with Crippen molar-refractivity contribution in [2.45, 2.75) is 13.0 Å². The molecule has 2 aromatic rings. The van der Waals surface area contributed by atoms with Gasteiger partial charge in [0.25, 0.3) is 0 Å². The largest absolute Gasteiger partial charge is 0.382 e. The summed E-state index contributed by atoms with van der Waals surface area (Å²) in [6.07, 6.45) is 0.523. The van der Waals surface area contributed by atoms with Gasteiger partial charge < -0.3 is 5.11 Å². The van der Waals surface area contributed by atoms with Crippen LogP contribution in [0.15, 0.2) is 30.5 Å². The van der Waals surface area contributed by atoms with Crippen molar-refractivity contribution >= 4 is 34.8 Å². The van der Waals surface area contributed by atoms with E-state index in [1.165, 1.54) is 6.20 Å². The lowest BCUT2D eigenvalue weighted by molar-refractivity contribution is 0.215. The topological polar surface area (TPSA) is 33.1 Å². The molecule has 94 valence electrons. The van der Waals surface area contributed by atoms with Gasteiger partial charge in [-0.15, -0.1) is 0 Å². The summed E-state index contributed by atoms with van der Waals surface area (Å²) < 4.78 is 0. The summed E-state index contributed by atoms with van der Waals surface area (Å²) in [7, 11) is 0. The van der Waals surface area contributed by atoms with Crippen LogP contribution < -0.4 is 0 Å². The molecule has 1 aromatic heterocycles. The highest BCUT2D eigenvalue weighted by Gasteiger charge is 2.16. The van der Waals surface area contributed by atoms with Crippen molar-refractivity contribution in [1.29, 1.82) is 0 Å². The lowest BCUT2D eigenvalue weighted by Gasteiger charge is -2.13. The second-order valence-electron chi connectivity index (χ2n) is 3.93. The van der Waals surface area contributed by atoms with Crippen molar-refractivity contribution in [3.8, 4) is 0 Å².